The van der Waals surface area contributed by atoms with Crippen molar-refractivity contribution in [2.75, 3.05) is 6.61 Å². The number of hydrogen-bond donors (Lipinski definition) is 0. The maximum absolute atomic E-state index is 6.89. The van der Waals surface area contributed by atoms with E-state index in [1.165, 1.54) is 5.56 Å². The quantitative estimate of drug-likeness (QED) is 0.378. The fraction of sp³-hybridized carbons (Fsp3) is 0.720. The van der Waals surface area contributed by atoms with E-state index < -0.39 is 16.6 Å². The van der Waals surface area contributed by atoms with Gasteiger partial charge in [0.15, 0.2) is 29.0 Å². The van der Waals surface area contributed by atoms with Crippen LogP contribution in [0.2, 0.25) is 36.3 Å². The Hall–Kier alpha value is -0.646. The van der Waals surface area contributed by atoms with E-state index in [4.69, 9.17) is 23.3 Å². The first-order valence-electron chi connectivity index (χ1n) is 12.0. The van der Waals surface area contributed by atoms with Crippen LogP contribution in [-0.4, -0.2) is 53.0 Å². The van der Waals surface area contributed by atoms with Gasteiger partial charge in [-0.25, -0.2) is 4.99 Å². The molecule has 0 spiro atoms. The Morgan fingerprint density at radius 3 is 2.12 bits per heavy atom. The zero-order chi connectivity index (χ0) is 24.7. The predicted octanol–water partition coefficient (Wildman–Crippen LogP) is 6.81. The molecule has 1 aromatic carbocycles. The first-order valence-corrected chi connectivity index (χ1v) is 18.8. The van der Waals surface area contributed by atoms with Gasteiger partial charge in [0.05, 0.1) is 6.61 Å². The monoisotopic (exact) mass is 509 g/mol. The first kappa shape index (κ1) is 26.9. The van der Waals surface area contributed by atoms with Crippen LogP contribution in [0, 0.1) is 0 Å². The van der Waals surface area contributed by atoms with E-state index in [-0.39, 0.29) is 34.6 Å². The van der Waals surface area contributed by atoms with Crippen LogP contribution in [0.5, 0.6) is 0 Å². The third-order valence-corrected chi connectivity index (χ3v) is 17.5. The van der Waals surface area contributed by atoms with Crippen molar-refractivity contribution in [1.29, 1.82) is 0 Å². The second-order valence-corrected chi connectivity index (χ2v) is 22.7. The number of hydrogen-bond acceptors (Lipinski definition) is 6. The maximum atomic E-state index is 6.89. The molecule has 8 heteroatoms. The van der Waals surface area contributed by atoms with Crippen LogP contribution in [0.4, 0.5) is 0 Å². The van der Waals surface area contributed by atoms with Gasteiger partial charge in [-0.2, -0.15) is 0 Å². The van der Waals surface area contributed by atoms with Crippen LogP contribution < -0.4 is 0 Å². The summed E-state index contributed by atoms with van der Waals surface area (Å²) in [5.41, 5.74) is 1.25. The Kier molecular flexibility index (Phi) is 7.99. The van der Waals surface area contributed by atoms with E-state index >= 15 is 0 Å². The summed E-state index contributed by atoms with van der Waals surface area (Å²) in [5, 5.41) is 0.939. The summed E-state index contributed by atoms with van der Waals surface area (Å²) in [5.74, 6) is 0.824. The summed E-state index contributed by atoms with van der Waals surface area (Å²) in [7, 11) is -3.94. The average molecular weight is 510 g/mol. The van der Waals surface area contributed by atoms with Crippen molar-refractivity contribution < 1.29 is 18.3 Å². The number of ether oxygens (including phenoxy) is 2. The molecule has 1 aromatic rings. The summed E-state index contributed by atoms with van der Waals surface area (Å²) in [4.78, 5) is 4.78. The van der Waals surface area contributed by atoms with Gasteiger partial charge >= 0.3 is 0 Å². The molecule has 3 rings (SSSR count). The van der Waals surface area contributed by atoms with E-state index in [1.54, 1.807) is 11.8 Å². The van der Waals surface area contributed by atoms with Gasteiger partial charge in [0.2, 0.25) is 5.23 Å². The number of nitrogens with zero attached hydrogens (tertiary/aromatic N) is 1. The normalized spacial score (nSPS) is 26.2. The molecular formula is C25H43NO4SSi2. The van der Waals surface area contributed by atoms with Crippen molar-refractivity contribution in [2.45, 2.75) is 108 Å². The summed E-state index contributed by atoms with van der Waals surface area (Å²) >= 11 is 1.62. The molecule has 2 heterocycles. The minimum atomic E-state index is -2.04. The van der Waals surface area contributed by atoms with Gasteiger partial charge < -0.3 is 18.3 Å². The molecule has 2 aliphatic heterocycles. The van der Waals surface area contributed by atoms with E-state index in [0.717, 1.165) is 5.75 Å². The average Bonchev–Trinajstić information content (AvgIpc) is 3.22. The third-order valence-electron chi connectivity index (χ3n) is 7.61. The predicted molar refractivity (Wildman–Crippen MR) is 144 cm³/mol. The lowest BCUT2D eigenvalue weighted by Crippen LogP contribution is -2.51. The van der Waals surface area contributed by atoms with Crippen molar-refractivity contribution >= 4 is 33.6 Å². The molecule has 0 aliphatic carbocycles. The van der Waals surface area contributed by atoms with Crippen LogP contribution in [0.25, 0.3) is 0 Å². The molecule has 1 saturated heterocycles. The Morgan fingerprint density at radius 1 is 0.939 bits per heavy atom. The molecule has 1 fully saturated rings. The minimum Gasteiger partial charge on any atom is -0.462 e. The van der Waals surface area contributed by atoms with Gasteiger partial charge in [-0.05, 0) is 41.8 Å². The Bertz CT molecular complexity index is 833. The Balaban J connectivity index is 1.73. The van der Waals surface area contributed by atoms with Crippen LogP contribution in [0.15, 0.2) is 35.3 Å². The van der Waals surface area contributed by atoms with Crippen LogP contribution in [0.1, 0.15) is 47.1 Å². The molecule has 0 bridgehead atoms. The second-order valence-electron chi connectivity index (χ2n) is 12.2. The fourth-order valence-corrected chi connectivity index (χ4v) is 6.45. The molecule has 0 unspecified atom stereocenters. The van der Waals surface area contributed by atoms with E-state index in [2.05, 4.69) is 92.0 Å². The van der Waals surface area contributed by atoms with E-state index in [9.17, 15) is 0 Å². The lowest BCUT2D eigenvalue weighted by atomic mass is 10.1. The van der Waals surface area contributed by atoms with Crippen molar-refractivity contribution in [3.8, 4) is 0 Å². The SMILES string of the molecule is CC(C)(C)[Si](C)(C)OC[C@H]1O[C@@H]2N=C(SCc3ccccc3)O[C@@H]2[C@H]1O[Si](C)(C)C(C)(C)C. The molecule has 2 aliphatic rings. The van der Waals surface area contributed by atoms with Gasteiger partial charge in [-0.15, -0.1) is 0 Å². The van der Waals surface area contributed by atoms with E-state index in [0.29, 0.717) is 11.8 Å². The Morgan fingerprint density at radius 2 is 1.55 bits per heavy atom. The number of aliphatic imine (C=N–C) groups is 1. The van der Waals surface area contributed by atoms with Gasteiger partial charge in [0.25, 0.3) is 0 Å². The third kappa shape index (κ3) is 6.33. The van der Waals surface area contributed by atoms with Crippen molar-refractivity contribution in [1.82, 2.24) is 0 Å². The zero-order valence-corrected chi connectivity index (χ0v) is 24.9. The first-order chi connectivity index (χ1) is 15.1. The molecule has 0 N–H and O–H groups in total. The highest BCUT2D eigenvalue weighted by atomic mass is 32.2. The van der Waals surface area contributed by atoms with Crippen molar-refractivity contribution in [2.24, 2.45) is 4.99 Å². The number of thioether (sulfide) groups is 1. The summed E-state index contributed by atoms with van der Waals surface area (Å²) in [6.45, 7) is 23.2. The topological polar surface area (TPSA) is 49.3 Å². The number of rotatable bonds is 7. The van der Waals surface area contributed by atoms with Crippen molar-refractivity contribution in [3.05, 3.63) is 35.9 Å². The molecule has 5 nitrogen and oxygen atoms in total. The highest BCUT2D eigenvalue weighted by Gasteiger charge is 2.54. The molecule has 0 saturated carbocycles. The van der Waals surface area contributed by atoms with Crippen LogP contribution in [0.3, 0.4) is 0 Å². The lowest BCUT2D eigenvalue weighted by molar-refractivity contribution is -0.0134. The number of fused-ring (bicyclic) bond motifs is 1. The Labute approximate surface area is 207 Å². The van der Waals surface area contributed by atoms with Crippen molar-refractivity contribution in [3.63, 3.8) is 0 Å². The standard InChI is InChI=1S/C25H43NO4SSi2/c1-24(2,3)32(7,8)27-16-19-20(30-33(9,10)25(4,5)6)21-22(28-19)26-23(29-21)31-17-18-14-12-11-13-15-18/h11-15,19-22H,16-17H2,1-10H3/t19-,20+,21-,22+/m1/s1. The van der Waals surface area contributed by atoms with Gasteiger partial charge in [0.1, 0.15) is 12.2 Å². The summed E-state index contributed by atoms with van der Waals surface area (Å²) in [6.07, 6.45) is -0.900. The fourth-order valence-electron chi connectivity index (χ4n) is 3.28. The van der Waals surface area contributed by atoms with Gasteiger partial charge in [0, 0.05) is 5.75 Å². The molecule has 186 valence electrons. The maximum Gasteiger partial charge on any atom is 0.249 e. The van der Waals surface area contributed by atoms with Crippen LogP contribution >= 0.6 is 11.8 Å². The molecule has 33 heavy (non-hydrogen) atoms. The largest absolute Gasteiger partial charge is 0.462 e. The lowest BCUT2D eigenvalue weighted by Gasteiger charge is -2.41. The molecule has 0 radical (unpaired) electrons. The minimum absolute atomic E-state index is 0.0975. The molecular weight excluding hydrogens is 467 g/mol. The van der Waals surface area contributed by atoms with Gasteiger partial charge in [-0.1, -0.05) is 83.6 Å². The second kappa shape index (κ2) is 9.78. The summed E-state index contributed by atoms with van der Waals surface area (Å²) in [6, 6.07) is 10.4. The zero-order valence-electron chi connectivity index (χ0n) is 22.1. The molecule has 0 amide bonds. The highest BCUT2D eigenvalue weighted by molar-refractivity contribution is 8.12. The van der Waals surface area contributed by atoms with Crippen LogP contribution in [-0.2, 0) is 24.1 Å². The smallest absolute Gasteiger partial charge is 0.249 e. The molecule has 0 aromatic heterocycles. The van der Waals surface area contributed by atoms with E-state index in [1.807, 2.05) is 6.07 Å². The van der Waals surface area contributed by atoms with Gasteiger partial charge in [-0.3, -0.25) is 0 Å². The summed E-state index contributed by atoms with van der Waals surface area (Å²) < 4.78 is 26.2. The molecule has 4 atom stereocenters. The highest BCUT2D eigenvalue weighted by Crippen LogP contribution is 2.43. The number of benzene rings is 1.